The minimum Gasteiger partial charge on any atom is -0.471 e. The average molecular weight is 483 g/mol. The number of hydrogen-bond donors (Lipinski definition) is 1. The fourth-order valence-corrected chi connectivity index (χ4v) is 3.63. The lowest BCUT2D eigenvalue weighted by Crippen LogP contribution is -2.14. The van der Waals surface area contributed by atoms with Gasteiger partial charge in [-0.15, -0.1) is 0 Å². The molecule has 0 atom stereocenters. The third-order valence-electron chi connectivity index (χ3n) is 5.29. The number of benzene rings is 2. The number of esters is 1. The van der Waals surface area contributed by atoms with Gasteiger partial charge >= 0.3 is 5.97 Å². The SMILES string of the molecule is CCOC(=O)c1cnn2c(-c3cccc(NC(=O)c4ccn(COc5ccccc5)n4)c3)ccnc12. The maximum absolute atomic E-state index is 12.8. The molecule has 0 fully saturated rings. The lowest BCUT2D eigenvalue weighted by molar-refractivity contribution is 0.0528. The molecule has 0 spiro atoms. The number of rotatable bonds is 8. The number of nitrogens with zero attached hydrogens (tertiary/aromatic N) is 5. The first-order valence-electron chi connectivity index (χ1n) is 11.3. The molecule has 3 heterocycles. The van der Waals surface area contributed by atoms with Gasteiger partial charge in [-0.1, -0.05) is 30.3 Å². The first-order chi connectivity index (χ1) is 17.6. The first-order valence-corrected chi connectivity index (χ1v) is 11.3. The molecule has 0 aliphatic rings. The number of fused-ring (bicyclic) bond motifs is 1. The van der Waals surface area contributed by atoms with Crippen LogP contribution in [0.3, 0.4) is 0 Å². The molecule has 0 aliphatic carbocycles. The van der Waals surface area contributed by atoms with E-state index in [9.17, 15) is 9.59 Å². The predicted octanol–water partition coefficient (Wildman–Crippen LogP) is 4.06. The number of aromatic nitrogens is 5. The van der Waals surface area contributed by atoms with Gasteiger partial charge in [-0.2, -0.15) is 10.2 Å². The third-order valence-corrected chi connectivity index (χ3v) is 5.29. The fourth-order valence-electron chi connectivity index (χ4n) is 3.63. The van der Waals surface area contributed by atoms with Crippen LogP contribution >= 0.6 is 0 Å². The molecule has 10 nitrogen and oxygen atoms in total. The van der Waals surface area contributed by atoms with Crippen LogP contribution in [0.25, 0.3) is 16.9 Å². The van der Waals surface area contributed by atoms with Crippen LogP contribution in [0.4, 0.5) is 5.69 Å². The maximum Gasteiger partial charge on any atom is 0.343 e. The molecule has 5 aromatic rings. The standard InChI is InChI=1S/C26H22N6O4/c1-2-35-26(34)21-16-28-32-23(11-13-27-24(21)32)18-7-6-8-19(15-18)29-25(33)22-12-14-31(30-22)17-36-20-9-4-3-5-10-20/h3-16H,2,17H2,1H3,(H,29,33). The molecule has 0 saturated carbocycles. The number of para-hydroxylation sites is 1. The molecule has 0 bridgehead atoms. The van der Waals surface area contributed by atoms with Crippen molar-refractivity contribution in [2.24, 2.45) is 0 Å². The highest BCUT2D eigenvalue weighted by Crippen LogP contribution is 2.24. The summed E-state index contributed by atoms with van der Waals surface area (Å²) in [7, 11) is 0. The molecule has 5 rings (SSSR count). The molecular weight excluding hydrogens is 460 g/mol. The molecule has 0 unspecified atom stereocenters. The summed E-state index contributed by atoms with van der Waals surface area (Å²) in [4.78, 5) is 29.3. The van der Waals surface area contributed by atoms with Crippen molar-refractivity contribution in [3.05, 3.63) is 96.6 Å². The van der Waals surface area contributed by atoms with Crippen LogP contribution in [0.2, 0.25) is 0 Å². The van der Waals surface area contributed by atoms with Crippen LogP contribution in [0.1, 0.15) is 27.8 Å². The number of hydrogen-bond acceptors (Lipinski definition) is 7. The van der Waals surface area contributed by atoms with E-state index in [2.05, 4.69) is 20.5 Å². The Morgan fingerprint density at radius 1 is 1.03 bits per heavy atom. The Labute approximate surface area is 206 Å². The summed E-state index contributed by atoms with van der Waals surface area (Å²) >= 11 is 0. The molecule has 1 amide bonds. The summed E-state index contributed by atoms with van der Waals surface area (Å²) < 4.78 is 13.9. The lowest BCUT2D eigenvalue weighted by Gasteiger charge is -2.08. The second kappa shape index (κ2) is 10.1. The molecule has 3 aromatic heterocycles. The predicted molar refractivity (Wildman–Crippen MR) is 132 cm³/mol. The van der Waals surface area contributed by atoms with Crippen molar-refractivity contribution in [1.82, 2.24) is 24.4 Å². The zero-order valence-corrected chi connectivity index (χ0v) is 19.4. The van der Waals surface area contributed by atoms with E-state index in [-0.39, 0.29) is 30.5 Å². The van der Waals surface area contributed by atoms with Crippen molar-refractivity contribution in [3.63, 3.8) is 0 Å². The summed E-state index contributed by atoms with van der Waals surface area (Å²) in [5, 5.41) is 11.5. The van der Waals surface area contributed by atoms with Crippen molar-refractivity contribution < 1.29 is 19.1 Å². The van der Waals surface area contributed by atoms with Gasteiger partial charge in [-0.25, -0.2) is 19.0 Å². The largest absolute Gasteiger partial charge is 0.471 e. The summed E-state index contributed by atoms with van der Waals surface area (Å²) in [5.74, 6) is -0.117. The minimum atomic E-state index is -0.480. The van der Waals surface area contributed by atoms with Crippen LogP contribution in [-0.4, -0.2) is 42.9 Å². The van der Waals surface area contributed by atoms with Crippen molar-refractivity contribution in [2.45, 2.75) is 13.7 Å². The monoisotopic (exact) mass is 482 g/mol. The smallest absolute Gasteiger partial charge is 0.343 e. The Morgan fingerprint density at radius 3 is 2.72 bits per heavy atom. The summed E-state index contributed by atoms with van der Waals surface area (Å²) in [6.07, 6.45) is 4.72. The van der Waals surface area contributed by atoms with Gasteiger partial charge in [0.05, 0.1) is 18.5 Å². The van der Waals surface area contributed by atoms with E-state index in [1.165, 1.54) is 6.20 Å². The summed E-state index contributed by atoms with van der Waals surface area (Å²) in [6, 6.07) is 20.1. The van der Waals surface area contributed by atoms with Gasteiger partial charge in [0.15, 0.2) is 18.1 Å². The van der Waals surface area contributed by atoms with Gasteiger partial charge in [0.25, 0.3) is 5.91 Å². The number of ether oxygens (including phenoxy) is 2. The maximum atomic E-state index is 12.8. The minimum absolute atomic E-state index is 0.183. The van der Waals surface area contributed by atoms with Crippen LogP contribution in [0.5, 0.6) is 5.75 Å². The number of carbonyl (C=O) groups is 2. The molecule has 180 valence electrons. The number of anilines is 1. The molecule has 0 saturated heterocycles. The van der Waals surface area contributed by atoms with Crippen LogP contribution < -0.4 is 10.1 Å². The van der Waals surface area contributed by atoms with Crippen LogP contribution in [0, 0.1) is 0 Å². The number of carbonyl (C=O) groups excluding carboxylic acids is 2. The third kappa shape index (κ3) is 4.78. The van der Waals surface area contributed by atoms with Crippen LogP contribution in [-0.2, 0) is 11.5 Å². The number of amides is 1. The van der Waals surface area contributed by atoms with Crippen molar-refractivity contribution in [1.29, 1.82) is 0 Å². The van der Waals surface area contributed by atoms with Gasteiger partial charge in [0, 0.05) is 23.6 Å². The number of nitrogens with one attached hydrogen (secondary N) is 1. The molecule has 0 radical (unpaired) electrons. The van der Waals surface area contributed by atoms with E-state index < -0.39 is 5.97 Å². The van der Waals surface area contributed by atoms with Gasteiger partial charge in [-0.05, 0) is 43.3 Å². The molecule has 2 aromatic carbocycles. The second-order valence-corrected chi connectivity index (χ2v) is 7.71. The lowest BCUT2D eigenvalue weighted by atomic mass is 10.1. The second-order valence-electron chi connectivity index (χ2n) is 7.71. The highest BCUT2D eigenvalue weighted by molar-refractivity contribution is 6.03. The molecule has 1 N–H and O–H groups in total. The van der Waals surface area contributed by atoms with Gasteiger partial charge in [-0.3, -0.25) is 4.79 Å². The van der Waals surface area contributed by atoms with E-state index in [0.717, 1.165) is 5.56 Å². The van der Waals surface area contributed by atoms with E-state index in [1.807, 2.05) is 48.5 Å². The summed E-state index contributed by atoms with van der Waals surface area (Å²) in [5.41, 5.74) is 3.00. The first kappa shape index (κ1) is 22.8. The van der Waals surface area contributed by atoms with E-state index in [1.54, 1.807) is 46.7 Å². The quantitative estimate of drug-likeness (QED) is 0.332. The topological polar surface area (TPSA) is 113 Å². The Hall–Kier alpha value is -4.99. The van der Waals surface area contributed by atoms with E-state index in [4.69, 9.17) is 9.47 Å². The van der Waals surface area contributed by atoms with E-state index >= 15 is 0 Å². The highest BCUT2D eigenvalue weighted by Gasteiger charge is 2.17. The van der Waals surface area contributed by atoms with Crippen molar-refractivity contribution in [2.75, 3.05) is 11.9 Å². The van der Waals surface area contributed by atoms with Gasteiger partial charge in [0.2, 0.25) is 0 Å². The molecule has 36 heavy (non-hydrogen) atoms. The van der Waals surface area contributed by atoms with Crippen LogP contribution in [0.15, 0.2) is 85.3 Å². The van der Waals surface area contributed by atoms with E-state index in [0.29, 0.717) is 22.8 Å². The Kier molecular flexibility index (Phi) is 6.39. The van der Waals surface area contributed by atoms with Crippen molar-refractivity contribution >= 4 is 23.2 Å². The molecule has 10 heteroatoms. The zero-order valence-electron chi connectivity index (χ0n) is 19.4. The molecular formula is C26H22N6O4. The molecule has 0 aliphatic heterocycles. The fraction of sp³-hybridized carbons (Fsp3) is 0.115. The average Bonchev–Trinajstić information content (AvgIpc) is 3.56. The highest BCUT2D eigenvalue weighted by atomic mass is 16.5. The van der Waals surface area contributed by atoms with Crippen molar-refractivity contribution in [3.8, 4) is 17.0 Å². The Morgan fingerprint density at radius 2 is 1.89 bits per heavy atom. The van der Waals surface area contributed by atoms with Gasteiger partial charge < -0.3 is 14.8 Å². The Balaban J connectivity index is 1.32. The van der Waals surface area contributed by atoms with Gasteiger partial charge in [0.1, 0.15) is 11.3 Å². The Bertz CT molecular complexity index is 1530. The summed E-state index contributed by atoms with van der Waals surface area (Å²) in [6.45, 7) is 2.18. The normalized spacial score (nSPS) is 10.8. The zero-order chi connectivity index (χ0) is 24.9.